The number of benzene rings is 2. The van der Waals surface area contributed by atoms with Crippen LogP contribution in [0.1, 0.15) is 6.92 Å². The third-order valence-electron chi connectivity index (χ3n) is 4.24. The standard InChI is InChI=1S/C19H20ClFN2O2/c1-14(25-18-7-5-16(21)6-8-18)19(24)23-11-9-22(10-12-23)17-4-2-3-15(20)13-17/h2-8,13-14H,9-12H2,1H3/t14-/m1/s1. The van der Waals surface area contributed by atoms with Gasteiger partial charge < -0.3 is 14.5 Å². The molecule has 3 rings (SSSR count). The fourth-order valence-electron chi connectivity index (χ4n) is 2.88. The quantitative estimate of drug-likeness (QED) is 0.833. The van der Waals surface area contributed by atoms with Crippen LogP contribution in [0.15, 0.2) is 48.5 Å². The number of piperazine rings is 1. The normalized spacial score (nSPS) is 15.8. The van der Waals surface area contributed by atoms with E-state index in [1.165, 1.54) is 24.3 Å². The summed E-state index contributed by atoms with van der Waals surface area (Å²) in [4.78, 5) is 16.6. The first kappa shape index (κ1) is 17.5. The Labute approximate surface area is 151 Å². The number of amides is 1. The van der Waals surface area contributed by atoms with Gasteiger partial charge in [-0.15, -0.1) is 0 Å². The SMILES string of the molecule is C[C@@H](Oc1ccc(F)cc1)C(=O)N1CCN(c2cccc(Cl)c2)CC1. The summed E-state index contributed by atoms with van der Waals surface area (Å²) in [7, 11) is 0. The summed E-state index contributed by atoms with van der Waals surface area (Å²) in [5.74, 6) is 0.0957. The molecule has 1 amide bonds. The minimum absolute atomic E-state index is 0.0601. The van der Waals surface area contributed by atoms with E-state index in [1.54, 1.807) is 11.8 Å². The van der Waals surface area contributed by atoms with Crippen molar-refractivity contribution < 1.29 is 13.9 Å². The molecule has 0 bridgehead atoms. The summed E-state index contributed by atoms with van der Waals surface area (Å²) in [6.07, 6.45) is -0.608. The molecule has 0 unspecified atom stereocenters. The number of halogens is 2. The zero-order valence-corrected chi connectivity index (χ0v) is 14.7. The second kappa shape index (κ2) is 7.74. The molecule has 1 saturated heterocycles. The first-order chi connectivity index (χ1) is 12.0. The summed E-state index contributed by atoms with van der Waals surface area (Å²) in [6.45, 7) is 4.46. The van der Waals surface area contributed by atoms with Crippen LogP contribution in [0.4, 0.5) is 10.1 Å². The highest BCUT2D eigenvalue weighted by Gasteiger charge is 2.26. The average molecular weight is 363 g/mol. The van der Waals surface area contributed by atoms with Crippen LogP contribution in [-0.2, 0) is 4.79 Å². The van der Waals surface area contributed by atoms with Crippen LogP contribution in [0, 0.1) is 5.82 Å². The molecule has 6 heteroatoms. The predicted octanol–water partition coefficient (Wildman–Crippen LogP) is 3.60. The Balaban J connectivity index is 1.54. The first-order valence-corrected chi connectivity index (χ1v) is 8.62. The number of hydrogen-bond acceptors (Lipinski definition) is 3. The highest BCUT2D eigenvalue weighted by Crippen LogP contribution is 2.21. The zero-order chi connectivity index (χ0) is 17.8. The molecule has 2 aromatic carbocycles. The lowest BCUT2D eigenvalue weighted by Crippen LogP contribution is -2.52. The van der Waals surface area contributed by atoms with E-state index in [0.717, 1.165) is 18.8 Å². The third-order valence-corrected chi connectivity index (χ3v) is 4.47. The molecule has 0 saturated carbocycles. The van der Waals surface area contributed by atoms with Gasteiger partial charge in [-0.3, -0.25) is 4.79 Å². The second-order valence-electron chi connectivity index (χ2n) is 6.01. The van der Waals surface area contributed by atoms with Gasteiger partial charge in [0.05, 0.1) is 0 Å². The van der Waals surface area contributed by atoms with Crippen molar-refractivity contribution in [3.8, 4) is 5.75 Å². The van der Waals surface area contributed by atoms with Gasteiger partial charge in [0, 0.05) is 36.9 Å². The van der Waals surface area contributed by atoms with E-state index in [1.807, 2.05) is 24.3 Å². The number of hydrogen-bond donors (Lipinski definition) is 0. The van der Waals surface area contributed by atoms with Crippen molar-refractivity contribution in [2.45, 2.75) is 13.0 Å². The van der Waals surface area contributed by atoms with E-state index >= 15 is 0 Å². The highest BCUT2D eigenvalue weighted by atomic mass is 35.5. The van der Waals surface area contributed by atoms with Crippen LogP contribution in [0.3, 0.4) is 0 Å². The van der Waals surface area contributed by atoms with Crippen LogP contribution in [0.25, 0.3) is 0 Å². The molecular weight excluding hydrogens is 343 g/mol. The second-order valence-corrected chi connectivity index (χ2v) is 6.44. The van der Waals surface area contributed by atoms with Gasteiger partial charge in [-0.25, -0.2) is 4.39 Å². The Hall–Kier alpha value is -2.27. The maximum atomic E-state index is 12.9. The van der Waals surface area contributed by atoms with E-state index in [9.17, 15) is 9.18 Å². The van der Waals surface area contributed by atoms with Gasteiger partial charge in [0.25, 0.3) is 5.91 Å². The number of carbonyl (C=O) groups is 1. The van der Waals surface area contributed by atoms with Gasteiger partial charge in [-0.05, 0) is 49.4 Å². The Morgan fingerprint density at radius 3 is 2.44 bits per heavy atom. The summed E-state index contributed by atoms with van der Waals surface area (Å²) in [5.41, 5.74) is 1.07. The lowest BCUT2D eigenvalue weighted by molar-refractivity contribution is -0.138. The van der Waals surface area contributed by atoms with Crippen molar-refractivity contribution in [2.24, 2.45) is 0 Å². The fourth-order valence-corrected chi connectivity index (χ4v) is 3.07. The van der Waals surface area contributed by atoms with E-state index in [4.69, 9.17) is 16.3 Å². The molecule has 25 heavy (non-hydrogen) atoms. The van der Waals surface area contributed by atoms with Crippen molar-refractivity contribution in [3.05, 3.63) is 59.4 Å². The van der Waals surface area contributed by atoms with E-state index in [0.29, 0.717) is 23.9 Å². The minimum Gasteiger partial charge on any atom is -0.481 e. The van der Waals surface area contributed by atoms with Gasteiger partial charge in [0.2, 0.25) is 0 Å². The number of nitrogens with zero attached hydrogens (tertiary/aromatic N) is 2. The Kier molecular flexibility index (Phi) is 5.43. The van der Waals surface area contributed by atoms with Crippen molar-refractivity contribution in [1.82, 2.24) is 4.90 Å². The summed E-state index contributed by atoms with van der Waals surface area (Å²) in [5, 5.41) is 0.706. The molecule has 0 aliphatic carbocycles. The van der Waals surface area contributed by atoms with Crippen molar-refractivity contribution >= 4 is 23.2 Å². The largest absolute Gasteiger partial charge is 0.481 e. The Morgan fingerprint density at radius 2 is 1.80 bits per heavy atom. The summed E-state index contributed by atoms with van der Waals surface area (Å²) in [6, 6.07) is 13.4. The molecule has 0 spiro atoms. The molecule has 1 fully saturated rings. The average Bonchev–Trinajstić information content (AvgIpc) is 2.63. The van der Waals surface area contributed by atoms with Crippen LogP contribution in [0.2, 0.25) is 5.02 Å². The molecule has 0 N–H and O–H groups in total. The lowest BCUT2D eigenvalue weighted by atomic mass is 10.2. The van der Waals surface area contributed by atoms with Crippen LogP contribution in [0.5, 0.6) is 5.75 Å². The number of carbonyl (C=O) groups excluding carboxylic acids is 1. The molecule has 1 aliphatic heterocycles. The zero-order valence-electron chi connectivity index (χ0n) is 14.0. The fraction of sp³-hybridized carbons (Fsp3) is 0.316. The monoisotopic (exact) mass is 362 g/mol. The Morgan fingerprint density at radius 1 is 1.12 bits per heavy atom. The van der Waals surface area contributed by atoms with Crippen molar-refractivity contribution in [1.29, 1.82) is 0 Å². The number of rotatable bonds is 4. The third kappa shape index (κ3) is 4.42. The number of anilines is 1. The minimum atomic E-state index is -0.608. The van der Waals surface area contributed by atoms with Crippen LogP contribution >= 0.6 is 11.6 Å². The van der Waals surface area contributed by atoms with Crippen molar-refractivity contribution in [3.63, 3.8) is 0 Å². The van der Waals surface area contributed by atoms with Gasteiger partial charge in [-0.1, -0.05) is 17.7 Å². The molecule has 1 aliphatic rings. The maximum absolute atomic E-state index is 12.9. The number of ether oxygens (including phenoxy) is 1. The predicted molar refractivity (Wildman–Crippen MR) is 96.7 cm³/mol. The highest BCUT2D eigenvalue weighted by molar-refractivity contribution is 6.30. The van der Waals surface area contributed by atoms with Crippen LogP contribution < -0.4 is 9.64 Å². The maximum Gasteiger partial charge on any atom is 0.263 e. The molecule has 4 nitrogen and oxygen atoms in total. The van der Waals surface area contributed by atoms with Gasteiger partial charge in [0.1, 0.15) is 11.6 Å². The molecular formula is C19H20ClFN2O2. The smallest absolute Gasteiger partial charge is 0.263 e. The summed E-state index contributed by atoms with van der Waals surface area (Å²) >= 11 is 6.04. The van der Waals surface area contributed by atoms with E-state index in [2.05, 4.69) is 4.90 Å². The molecule has 132 valence electrons. The van der Waals surface area contributed by atoms with Crippen molar-refractivity contribution in [2.75, 3.05) is 31.1 Å². The Bertz CT molecular complexity index is 730. The van der Waals surface area contributed by atoms with E-state index in [-0.39, 0.29) is 11.7 Å². The topological polar surface area (TPSA) is 32.8 Å². The van der Waals surface area contributed by atoms with Gasteiger partial charge in [0.15, 0.2) is 6.10 Å². The van der Waals surface area contributed by atoms with Gasteiger partial charge >= 0.3 is 0 Å². The molecule has 0 radical (unpaired) electrons. The van der Waals surface area contributed by atoms with E-state index < -0.39 is 6.10 Å². The molecule has 2 aromatic rings. The molecule has 1 heterocycles. The summed E-state index contributed by atoms with van der Waals surface area (Å²) < 4.78 is 18.6. The van der Waals surface area contributed by atoms with Gasteiger partial charge in [-0.2, -0.15) is 0 Å². The molecule has 1 atom stereocenters. The first-order valence-electron chi connectivity index (χ1n) is 8.24. The molecule has 0 aromatic heterocycles. The lowest BCUT2D eigenvalue weighted by Gasteiger charge is -2.37. The van der Waals surface area contributed by atoms with Crippen LogP contribution in [-0.4, -0.2) is 43.1 Å².